The van der Waals surface area contributed by atoms with E-state index in [1.54, 1.807) is 12.4 Å². The molecular weight excluding hydrogens is 591 g/mol. The summed E-state index contributed by atoms with van der Waals surface area (Å²) in [6.45, 7) is 2.72. The Hall–Kier alpha value is -4.21. The molecule has 0 spiro atoms. The summed E-state index contributed by atoms with van der Waals surface area (Å²) >= 11 is 6.58. The van der Waals surface area contributed by atoms with Crippen LogP contribution in [0.3, 0.4) is 0 Å². The van der Waals surface area contributed by atoms with Crippen LogP contribution in [-0.4, -0.2) is 50.5 Å². The number of piperidine rings is 1. The molecule has 0 bridgehead atoms. The number of nitrogens with zero attached hydrogens (tertiary/aromatic N) is 4. The molecule has 8 nitrogen and oxygen atoms in total. The number of carbonyl (C=O) groups is 1. The minimum absolute atomic E-state index is 0.0522. The third-order valence-electron chi connectivity index (χ3n) is 8.77. The van der Waals surface area contributed by atoms with Crippen LogP contribution >= 0.6 is 11.6 Å². The van der Waals surface area contributed by atoms with Gasteiger partial charge in [-0.25, -0.2) is 14.4 Å². The quantitative estimate of drug-likeness (QED) is 0.203. The Morgan fingerprint density at radius 2 is 1.89 bits per heavy atom. The fourth-order valence-corrected chi connectivity index (χ4v) is 6.48. The summed E-state index contributed by atoms with van der Waals surface area (Å²) < 4.78 is 21.3. The van der Waals surface area contributed by atoms with Gasteiger partial charge in [-0.3, -0.25) is 4.79 Å². The van der Waals surface area contributed by atoms with Crippen LogP contribution in [0, 0.1) is 5.82 Å². The number of aromatic nitrogens is 3. The van der Waals surface area contributed by atoms with Crippen LogP contribution in [-0.2, 0) is 22.7 Å². The fourth-order valence-electron chi connectivity index (χ4n) is 6.20. The van der Waals surface area contributed by atoms with Crippen molar-refractivity contribution in [2.75, 3.05) is 18.4 Å². The second kappa shape index (κ2) is 13.0. The summed E-state index contributed by atoms with van der Waals surface area (Å²) in [6.07, 6.45) is 13.4. The molecule has 0 atom stereocenters. The number of allylic oxidation sites excluding steroid dienone is 4. The largest absolute Gasteiger partial charge is 0.492 e. The maximum absolute atomic E-state index is 13.5. The molecule has 7 rings (SSSR count). The van der Waals surface area contributed by atoms with Gasteiger partial charge in [0.05, 0.1) is 10.5 Å². The molecule has 3 aliphatic rings. The highest BCUT2D eigenvalue weighted by atomic mass is 35.5. The number of carbonyl (C=O) groups excluding carboxylic acids is 1. The molecule has 232 valence electrons. The third-order valence-corrected chi connectivity index (χ3v) is 9.09. The van der Waals surface area contributed by atoms with Crippen molar-refractivity contribution in [1.82, 2.24) is 24.8 Å². The number of ether oxygens (including phenoxy) is 1. The number of likely N-dealkylation sites (tertiary alicyclic amines) is 1. The molecule has 1 saturated heterocycles. The molecule has 1 saturated carbocycles. The molecule has 1 amide bonds. The average Bonchev–Trinajstić information content (AvgIpc) is 3.79. The molecule has 2 aromatic heterocycles. The van der Waals surface area contributed by atoms with Gasteiger partial charge in [0.15, 0.2) is 0 Å². The molecule has 2 aliphatic carbocycles. The van der Waals surface area contributed by atoms with Gasteiger partial charge in [0.25, 0.3) is 0 Å². The van der Waals surface area contributed by atoms with Crippen LogP contribution in [0.1, 0.15) is 44.1 Å². The van der Waals surface area contributed by atoms with E-state index in [0.29, 0.717) is 36.0 Å². The molecule has 2 N–H and O–H groups in total. The lowest BCUT2D eigenvalue weighted by Gasteiger charge is -2.32. The molecule has 0 unspecified atom stereocenters. The highest BCUT2D eigenvalue weighted by molar-refractivity contribution is 6.31. The molecular formula is C35H36ClFN6O2. The molecule has 45 heavy (non-hydrogen) atoms. The van der Waals surface area contributed by atoms with Crippen molar-refractivity contribution >= 4 is 34.2 Å². The van der Waals surface area contributed by atoms with E-state index in [4.69, 9.17) is 16.3 Å². The first kappa shape index (κ1) is 29.5. The first-order chi connectivity index (χ1) is 22.0. The lowest BCUT2D eigenvalue weighted by molar-refractivity contribution is -0.122. The lowest BCUT2D eigenvalue weighted by atomic mass is 10.0. The monoisotopic (exact) mass is 626 g/mol. The number of halogens is 2. The molecule has 2 fully saturated rings. The molecule has 0 radical (unpaired) electrons. The van der Waals surface area contributed by atoms with Gasteiger partial charge in [-0.15, -0.1) is 0 Å². The van der Waals surface area contributed by atoms with E-state index in [1.807, 2.05) is 47.3 Å². The summed E-state index contributed by atoms with van der Waals surface area (Å²) in [4.78, 5) is 24.4. The van der Waals surface area contributed by atoms with Gasteiger partial charge in [0.2, 0.25) is 5.91 Å². The zero-order valence-electron chi connectivity index (χ0n) is 25.0. The maximum Gasteiger partial charge on any atom is 0.240 e. The normalized spacial score (nSPS) is 17.8. The predicted octanol–water partition coefficient (Wildman–Crippen LogP) is 6.74. The van der Waals surface area contributed by atoms with E-state index in [-0.39, 0.29) is 24.4 Å². The van der Waals surface area contributed by atoms with E-state index in [1.165, 1.54) is 25.0 Å². The molecule has 10 heteroatoms. The van der Waals surface area contributed by atoms with Gasteiger partial charge in [-0.2, -0.15) is 0 Å². The maximum atomic E-state index is 13.5. The van der Waals surface area contributed by atoms with Crippen molar-refractivity contribution in [2.24, 2.45) is 0 Å². The van der Waals surface area contributed by atoms with Crippen LogP contribution in [0.5, 0.6) is 0 Å². The van der Waals surface area contributed by atoms with Gasteiger partial charge in [0, 0.05) is 55.1 Å². The van der Waals surface area contributed by atoms with Crippen molar-refractivity contribution in [2.45, 2.75) is 63.8 Å². The van der Waals surface area contributed by atoms with Crippen LogP contribution in [0.25, 0.3) is 22.0 Å². The number of anilines is 1. The van der Waals surface area contributed by atoms with Gasteiger partial charge < -0.3 is 24.8 Å². The molecule has 3 heterocycles. The van der Waals surface area contributed by atoms with E-state index in [9.17, 15) is 9.18 Å². The molecule has 2 aromatic carbocycles. The Balaban J connectivity index is 0.997. The zero-order valence-corrected chi connectivity index (χ0v) is 25.8. The first-order valence-corrected chi connectivity index (χ1v) is 16.0. The molecule has 1 aliphatic heterocycles. The number of fused-ring (bicyclic) bond motifs is 1. The van der Waals surface area contributed by atoms with Crippen LogP contribution in [0.4, 0.5) is 10.2 Å². The Morgan fingerprint density at radius 3 is 2.69 bits per heavy atom. The Kier molecular flexibility index (Phi) is 8.54. The number of amides is 1. The smallest absolute Gasteiger partial charge is 0.240 e. The third kappa shape index (κ3) is 7.21. The molecule has 4 aromatic rings. The van der Waals surface area contributed by atoms with E-state index < -0.39 is 0 Å². The second-order valence-corrected chi connectivity index (χ2v) is 12.5. The summed E-state index contributed by atoms with van der Waals surface area (Å²) in [5.41, 5.74) is 4.51. The Bertz CT molecular complexity index is 1770. The van der Waals surface area contributed by atoms with Crippen LogP contribution < -0.4 is 10.6 Å². The predicted molar refractivity (Wildman–Crippen MR) is 174 cm³/mol. The van der Waals surface area contributed by atoms with Gasteiger partial charge in [0.1, 0.15) is 36.9 Å². The standard InChI is InChI=1S/C35H36ClFN6O2/c36-31-18-28(5-9-33(31)45-21-23-2-1-3-26(37)16-23)41-35-30-17-24(4-8-32(30)38-22-39-35)25-10-13-42(19-25)20-34(44)40-27-11-14-43(15-12-27)29-6-7-29/h1-4,8,10,13,16-19,22,27,29H,5-7,9,11-12,14-15,20-21H2,(H,40,44)(H,38,39,41). The number of rotatable bonds is 10. The van der Waals surface area contributed by atoms with E-state index in [0.717, 1.165) is 65.3 Å². The number of benzene rings is 2. The Morgan fingerprint density at radius 1 is 1.02 bits per heavy atom. The SMILES string of the molecule is O=C(Cn1ccc(-c2ccc3ncnc(NC4=CC(Cl)=C(OCc5cccc(F)c5)CC4)c3c2)c1)NC1CCN(C2CC2)CC1. The first-order valence-electron chi connectivity index (χ1n) is 15.6. The fraction of sp³-hybridized carbons (Fsp3) is 0.343. The van der Waals surface area contributed by atoms with Gasteiger partial charge >= 0.3 is 0 Å². The van der Waals surface area contributed by atoms with Gasteiger partial charge in [-0.1, -0.05) is 29.8 Å². The summed E-state index contributed by atoms with van der Waals surface area (Å²) in [6, 6.07) is 15.5. The number of hydrogen-bond donors (Lipinski definition) is 2. The van der Waals surface area contributed by atoms with Crippen molar-refractivity contribution in [3.05, 3.63) is 101 Å². The van der Waals surface area contributed by atoms with Crippen LogP contribution in [0.2, 0.25) is 0 Å². The summed E-state index contributed by atoms with van der Waals surface area (Å²) in [5.74, 6) is 1.13. The highest BCUT2D eigenvalue weighted by Gasteiger charge is 2.32. The minimum Gasteiger partial charge on any atom is -0.492 e. The van der Waals surface area contributed by atoms with E-state index >= 15 is 0 Å². The summed E-state index contributed by atoms with van der Waals surface area (Å²) in [5, 5.41) is 8.07. The topological polar surface area (TPSA) is 84.3 Å². The van der Waals surface area contributed by atoms with Crippen molar-refractivity contribution in [3.8, 4) is 11.1 Å². The zero-order chi connectivity index (χ0) is 30.8. The van der Waals surface area contributed by atoms with Crippen LogP contribution in [0.15, 0.2) is 89.8 Å². The highest BCUT2D eigenvalue weighted by Crippen LogP contribution is 2.32. The van der Waals surface area contributed by atoms with Crippen molar-refractivity contribution in [1.29, 1.82) is 0 Å². The van der Waals surface area contributed by atoms with Crippen molar-refractivity contribution in [3.63, 3.8) is 0 Å². The second-order valence-electron chi connectivity index (χ2n) is 12.1. The van der Waals surface area contributed by atoms with Crippen molar-refractivity contribution < 1.29 is 13.9 Å². The van der Waals surface area contributed by atoms with Gasteiger partial charge in [-0.05, 0) is 85.2 Å². The summed E-state index contributed by atoms with van der Waals surface area (Å²) in [7, 11) is 0. The lowest BCUT2D eigenvalue weighted by Crippen LogP contribution is -2.46. The number of nitrogens with one attached hydrogen (secondary N) is 2. The number of hydrogen-bond acceptors (Lipinski definition) is 6. The minimum atomic E-state index is -0.290. The average molecular weight is 627 g/mol. The Labute approximate surface area is 266 Å². The van der Waals surface area contributed by atoms with E-state index in [2.05, 4.69) is 31.6 Å².